The molecular formula is C29H24N4O. The Kier molecular flexibility index (Phi) is 5.83. The first-order chi connectivity index (χ1) is 16.6. The number of hydrogen-bond acceptors (Lipinski definition) is 5. The number of hydrogen-bond donors (Lipinski definition) is 0. The molecule has 0 fully saturated rings. The van der Waals surface area contributed by atoms with Gasteiger partial charge in [0, 0.05) is 16.2 Å². The first kappa shape index (κ1) is 21.5. The van der Waals surface area contributed by atoms with Gasteiger partial charge >= 0.3 is 0 Å². The summed E-state index contributed by atoms with van der Waals surface area (Å²) in [6.45, 7) is 4.26. The van der Waals surface area contributed by atoms with Crippen molar-refractivity contribution in [2.75, 3.05) is 7.11 Å². The van der Waals surface area contributed by atoms with E-state index >= 15 is 0 Å². The average molecular weight is 445 g/mol. The largest absolute Gasteiger partial charge is 0.497 e. The maximum absolute atomic E-state index is 5.20. The number of fused-ring (bicyclic) bond motifs is 2. The summed E-state index contributed by atoms with van der Waals surface area (Å²) in [5, 5.41) is 22.4. The summed E-state index contributed by atoms with van der Waals surface area (Å²) in [4.78, 5) is 0. The minimum absolute atomic E-state index is 0.759. The number of rotatable bonds is 5. The standard InChI is InChI=1S/C29H24N4O/c1-19-7-6-10-25-28(16-11-20(2)29(19)25)33-32-27-18-17-26(23-8-4-5-9-24(23)27)31-30-21-12-14-22(34-3)15-13-21/h4-18H,1-3H3. The Bertz CT molecular complexity index is 1540. The Balaban J connectivity index is 1.52. The van der Waals surface area contributed by atoms with Crippen molar-refractivity contribution in [1.29, 1.82) is 0 Å². The second-order valence-electron chi connectivity index (χ2n) is 8.15. The molecule has 166 valence electrons. The summed E-state index contributed by atoms with van der Waals surface area (Å²) in [7, 11) is 1.64. The minimum Gasteiger partial charge on any atom is -0.497 e. The van der Waals surface area contributed by atoms with E-state index in [4.69, 9.17) is 4.74 Å². The zero-order chi connectivity index (χ0) is 23.5. The van der Waals surface area contributed by atoms with E-state index in [1.54, 1.807) is 7.11 Å². The molecule has 0 radical (unpaired) electrons. The van der Waals surface area contributed by atoms with Gasteiger partial charge in [-0.2, -0.15) is 5.11 Å². The number of nitrogens with zero attached hydrogens (tertiary/aromatic N) is 4. The van der Waals surface area contributed by atoms with Crippen LogP contribution in [0.4, 0.5) is 22.7 Å². The van der Waals surface area contributed by atoms with Crippen molar-refractivity contribution in [1.82, 2.24) is 0 Å². The van der Waals surface area contributed by atoms with Gasteiger partial charge in [-0.25, -0.2) is 0 Å². The SMILES string of the molecule is COc1ccc(N=Nc2ccc(N=Nc3ccc(C)c4c(C)cccc34)c3ccccc23)cc1. The molecule has 0 amide bonds. The lowest BCUT2D eigenvalue weighted by atomic mass is 10.00. The minimum atomic E-state index is 0.759. The van der Waals surface area contributed by atoms with E-state index in [1.807, 2.05) is 66.7 Å². The Labute approximate surface area is 198 Å². The van der Waals surface area contributed by atoms with Crippen molar-refractivity contribution in [3.63, 3.8) is 0 Å². The van der Waals surface area contributed by atoms with Crippen LogP contribution >= 0.6 is 0 Å². The highest BCUT2D eigenvalue weighted by atomic mass is 16.5. The van der Waals surface area contributed by atoms with Gasteiger partial charge in [0.1, 0.15) is 5.75 Å². The lowest BCUT2D eigenvalue weighted by molar-refractivity contribution is 0.415. The number of ether oxygens (including phenoxy) is 1. The molecule has 0 aliphatic heterocycles. The second kappa shape index (κ2) is 9.24. The fourth-order valence-electron chi connectivity index (χ4n) is 4.18. The number of methoxy groups -OCH3 is 1. The molecule has 0 bridgehead atoms. The first-order valence-corrected chi connectivity index (χ1v) is 11.1. The van der Waals surface area contributed by atoms with Crippen LogP contribution in [0.3, 0.4) is 0 Å². The highest BCUT2D eigenvalue weighted by molar-refractivity contribution is 6.00. The summed E-state index contributed by atoms with van der Waals surface area (Å²) >= 11 is 0. The molecule has 0 aliphatic rings. The normalized spacial score (nSPS) is 11.7. The molecule has 5 aromatic carbocycles. The lowest BCUT2D eigenvalue weighted by Gasteiger charge is -2.08. The van der Waals surface area contributed by atoms with Crippen LogP contribution in [0.2, 0.25) is 0 Å². The predicted molar refractivity (Wildman–Crippen MR) is 139 cm³/mol. The van der Waals surface area contributed by atoms with E-state index < -0.39 is 0 Å². The summed E-state index contributed by atoms with van der Waals surface area (Å²) in [6, 6.07) is 29.8. The molecule has 0 N–H and O–H groups in total. The molecular weight excluding hydrogens is 420 g/mol. The van der Waals surface area contributed by atoms with Gasteiger partial charge in [-0.15, -0.1) is 15.3 Å². The van der Waals surface area contributed by atoms with Gasteiger partial charge in [0.2, 0.25) is 0 Å². The fraction of sp³-hybridized carbons (Fsp3) is 0.103. The number of azo groups is 2. The van der Waals surface area contributed by atoms with Crippen LogP contribution in [0.5, 0.6) is 5.75 Å². The van der Waals surface area contributed by atoms with E-state index in [2.05, 4.69) is 58.6 Å². The monoisotopic (exact) mass is 444 g/mol. The smallest absolute Gasteiger partial charge is 0.119 e. The summed E-state index contributed by atoms with van der Waals surface area (Å²) in [6.07, 6.45) is 0. The highest BCUT2D eigenvalue weighted by Crippen LogP contribution is 2.37. The van der Waals surface area contributed by atoms with Crippen molar-refractivity contribution in [3.8, 4) is 5.75 Å². The summed E-state index contributed by atoms with van der Waals surface area (Å²) < 4.78 is 5.20. The van der Waals surface area contributed by atoms with E-state index in [9.17, 15) is 0 Å². The van der Waals surface area contributed by atoms with Crippen LogP contribution in [0.1, 0.15) is 11.1 Å². The molecule has 0 saturated carbocycles. The van der Waals surface area contributed by atoms with Crippen molar-refractivity contribution < 1.29 is 4.74 Å². The van der Waals surface area contributed by atoms with Crippen molar-refractivity contribution in [3.05, 3.63) is 102 Å². The molecule has 0 atom stereocenters. The molecule has 0 saturated heterocycles. The third-order valence-electron chi connectivity index (χ3n) is 5.92. The van der Waals surface area contributed by atoms with Gasteiger partial charge in [-0.1, -0.05) is 48.5 Å². The topological polar surface area (TPSA) is 58.7 Å². The zero-order valence-corrected chi connectivity index (χ0v) is 19.4. The molecule has 5 rings (SSSR count). The van der Waals surface area contributed by atoms with Crippen molar-refractivity contribution in [2.24, 2.45) is 20.5 Å². The number of aryl methyl sites for hydroxylation is 2. The van der Waals surface area contributed by atoms with E-state index in [0.29, 0.717) is 0 Å². The van der Waals surface area contributed by atoms with E-state index in [1.165, 1.54) is 16.5 Å². The maximum atomic E-state index is 5.20. The average Bonchev–Trinajstić information content (AvgIpc) is 2.88. The van der Waals surface area contributed by atoms with Gasteiger partial charge in [0.25, 0.3) is 0 Å². The van der Waals surface area contributed by atoms with Gasteiger partial charge in [0.05, 0.1) is 29.9 Å². The molecule has 5 nitrogen and oxygen atoms in total. The molecule has 0 aromatic heterocycles. The van der Waals surface area contributed by atoms with Crippen LogP contribution in [0.15, 0.2) is 111 Å². The Morgan fingerprint density at radius 1 is 0.500 bits per heavy atom. The molecule has 5 aromatic rings. The Morgan fingerprint density at radius 2 is 1.03 bits per heavy atom. The van der Waals surface area contributed by atoms with Crippen LogP contribution in [-0.4, -0.2) is 7.11 Å². The van der Waals surface area contributed by atoms with Gasteiger partial charge in [-0.05, 0) is 72.8 Å². The van der Waals surface area contributed by atoms with Crippen LogP contribution < -0.4 is 4.74 Å². The first-order valence-electron chi connectivity index (χ1n) is 11.1. The highest BCUT2D eigenvalue weighted by Gasteiger charge is 2.08. The second-order valence-corrected chi connectivity index (χ2v) is 8.15. The molecule has 0 spiro atoms. The summed E-state index contributed by atoms with van der Waals surface area (Å²) in [5.74, 6) is 0.788. The lowest BCUT2D eigenvalue weighted by Crippen LogP contribution is -1.83. The third kappa shape index (κ3) is 4.16. The molecule has 34 heavy (non-hydrogen) atoms. The van der Waals surface area contributed by atoms with Crippen LogP contribution in [0, 0.1) is 13.8 Å². The quantitative estimate of drug-likeness (QED) is 0.249. The molecule has 5 heteroatoms. The fourth-order valence-corrected chi connectivity index (χ4v) is 4.18. The van der Waals surface area contributed by atoms with Gasteiger partial charge in [-0.3, -0.25) is 0 Å². The number of benzene rings is 5. The third-order valence-corrected chi connectivity index (χ3v) is 5.92. The zero-order valence-electron chi connectivity index (χ0n) is 19.4. The van der Waals surface area contributed by atoms with E-state index in [0.717, 1.165) is 44.7 Å². The summed E-state index contributed by atoms with van der Waals surface area (Å²) in [5.41, 5.74) is 5.67. The predicted octanol–water partition coefficient (Wildman–Crippen LogP) is 9.45. The molecule has 0 heterocycles. The Hall–Kier alpha value is -4.38. The molecule has 0 aliphatic carbocycles. The van der Waals surface area contributed by atoms with E-state index in [-0.39, 0.29) is 0 Å². The van der Waals surface area contributed by atoms with Crippen LogP contribution in [0.25, 0.3) is 21.5 Å². The van der Waals surface area contributed by atoms with Crippen molar-refractivity contribution >= 4 is 44.3 Å². The maximum Gasteiger partial charge on any atom is 0.119 e. The molecule has 0 unspecified atom stereocenters. The van der Waals surface area contributed by atoms with Gasteiger partial charge < -0.3 is 4.74 Å². The Morgan fingerprint density at radius 3 is 1.68 bits per heavy atom. The van der Waals surface area contributed by atoms with Crippen LogP contribution in [-0.2, 0) is 0 Å². The van der Waals surface area contributed by atoms with Gasteiger partial charge in [0.15, 0.2) is 0 Å². The van der Waals surface area contributed by atoms with Crippen molar-refractivity contribution in [2.45, 2.75) is 13.8 Å².